The lowest BCUT2D eigenvalue weighted by atomic mass is 10.3. The first-order valence-electron chi connectivity index (χ1n) is 3.69. The summed E-state index contributed by atoms with van der Waals surface area (Å²) < 4.78 is 1.07. The van der Waals surface area contributed by atoms with Crippen molar-refractivity contribution in [3.63, 3.8) is 0 Å². The zero-order chi connectivity index (χ0) is 9.10. The van der Waals surface area contributed by atoms with Crippen molar-refractivity contribution in [2.24, 2.45) is 0 Å². The van der Waals surface area contributed by atoms with Crippen LogP contribution in [0.5, 0.6) is 0 Å². The van der Waals surface area contributed by atoms with Gasteiger partial charge in [-0.25, -0.2) is 4.98 Å². The molecule has 1 N–H and O–H groups in total. The summed E-state index contributed by atoms with van der Waals surface area (Å²) in [7, 11) is 0. The Morgan fingerprint density at radius 2 is 2.08 bits per heavy atom. The lowest BCUT2D eigenvalue weighted by Crippen LogP contribution is -1.88. The zero-order valence-electron chi connectivity index (χ0n) is 6.62. The maximum Gasteiger partial charge on any atom is 0.154 e. The Hall–Kier alpha value is -0.870. The molecule has 1 heterocycles. The summed E-state index contributed by atoms with van der Waals surface area (Å²) in [6.07, 6.45) is 0. The predicted octanol–water partition coefficient (Wildman–Crippen LogP) is 3.45. The number of nitrogens with one attached hydrogen (secondary N) is 1. The van der Waals surface area contributed by atoms with Crippen LogP contribution in [0.15, 0.2) is 34.1 Å². The Morgan fingerprint density at radius 3 is 2.69 bits per heavy atom. The smallest absolute Gasteiger partial charge is 0.154 e. The van der Waals surface area contributed by atoms with Gasteiger partial charge in [0.05, 0.1) is 0 Å². The van der Waals surface area contributed by atoms with Gasteiger partial charge in [-0.05, 0) is 24.3 Å². The monoisotopic (exact) mass is 253 g/mol. The minimum Gasteiger partial charge on any atom is -0.340 e. The number of thiazole rings is 1. The topological polar surface area (TPSA) is 24.9 Å². The fraction of sp³-hybridized carbons (Fsp3) is 0. The van der Waals surface area contributed by atoms with Crippen LogP contribution in [0, 0.1) is 5.51 Å². The third-order valence-electron chi connectivity index (χ3n) is 1.51. The molecule has 0 bridgehead atoms. The van der Waals surface area contributed by atoms with Crippen molar-refractivity contribution >= 4 is 38.8 Å². The van der Waals surface area contributed by atoms with Gasteiger partial charge in [-0.3, -0.25) is 0 Å². The lowest BCUT2D eigenvalue weighted by molar-refractivity contribution is 1.37. The van der Waals surface area contributed by atoms with E-state index in [-0.39, 0.29) is 0 Å². The van der Waals surface area contributed by atoms with Crippen molar-refractivity contribution in [2.75, 3.05) is 5.32 Å². The molecule has 0 saturated carbocycles. The van der Waals surface area contributed by atoms with Crippen LogP contribution in [0.2, 0.25) is 0 Å². The average Bonchev–Trinajstić information content (AvgIpc) is 2.62. The van der Waals surface area contributed by atoms with Gasteiger partial charge in [0.15, 0.2) is 5.51 Å². The molecule has 1 aromatic carbocycles. The van der Waals surface area contributed by atoms with Gasteiger partial charge in [0.2, 0.25) is 0 Å². The van der Waals surface area contributed by atoms with Gasteiger partial charge in [-0.2, -0.15) is 0 Å². The molecule has 0 amide bonds. The van der Waals surface area contributed by atoms with E-state index < -0.39 is 0 Å². The van der Waals surface area contributed by atoms with Crippen molar-refractivity contribution in [1.82, 2.24) is 4.98 Å². The fourth-order valence-corrected chi connectivity index (χ4v) is 1.61. The molecule has 2 nitrogen and oxygen atoms in total. The van der Waals surface area contributed by atoms with Crippen molar-refractivity contribution in [3.05, 3.63) is 39.6 Å². The van der Waals surface area contributed by atoms with Crippen LogP contribution in [-0.2, 0) is 0 Å². The molecule has 0 spiro atoms. The largest absolute Gasteiger partial charge is 0.340 e. The average molecular weight is 254 g/mol. The quantitative estimate of drug-likeness (QED) is 0.887. The molecule has 0 saturated heterocycles. The molecule has 4 heteroatoms. The number of hydrogen-bond donors (Lipinski definition) is 1. The number of halogens is 1. The third-order valence-corrected chi connectivity index (χ3v) is 2.57. The van der Waals surface area contributed by atoms with Crippen LogP contribution in [0.3, 0.4) is 0 Å². The molecule has 0 fully saturated rings. The number of aromatic nitrogens is 1. The van der Waals surface area contributed by atoms with Crippen molar-refractivity contribution in [1.29, 1.82) is 0 Å². The van der Waals surface area contributed by atoms with Gasteiger partial charge >= 0.3 is 0 Å². The molecule has 0 aliphatic heterocycles. The number of hydrogen-bond acceptors (Lipinski definition) is 3. The summed E-state index contributed by atoms with van der Waals surface area (Å²) in [5.74, 6) is 0.840. The molecular formula is C9H6BrN2S. The first-order valence-corrected chi connectivity index (χ1v) is 5.36. The maximum absolute atomic E-state index is 4.00. The highest BCUT2D eigenvalue weighted by Gasteiger charge is 1.95. The van der Waals surface area contributed by atoms with Crippen molar-refractivity contribution < 1.29 is 0 Å². The molecule has 2 rings (SSSR count). The van der Waals surface area contributed by atoms with Crippen LogP contribution in [0.25, 0.3) is 0 Å². The fourth-order valence-electron chi connectivity index (χ4n) is 0.923. The molecule has 1 radical (unpaired) electrons. The second kappa shape index (κ2) is 3.89. The molecule has 2 aromatic rings. The summed E-state index contributed by atoms with van der Waals surface area (Å²) in [6, 6.07) is 7.95. The van der Waals surface area contributed by atoms with Crippen LogP contribution < -0.4 is 5.32 Å². The van der Waals surface area contributed by atoms with Gasteiger partial charge in [-0.15, -0.1) is 11.3 Å². The van der Waals surface area contributed by atoms with E-state index in [0.717, 1.165) is 16.0 Å². The summed E-state index contributed by atoms with van der Waals surface area (Å²) in [5.41, 5.74) is 3.81. The summed E-state index contributed by atoms with van der Waals surface area (Å²) in [4.78, 5) is 4.00. The van der Waals surface area contributed by atoms with Gasteiger partial charge in [0, 0.05) is 15.5 Å². The molecule has 0 unspecified atom stereocenters. The van der Waals surface area contributed by atoms with Crippen LogP contribution in [0.4, 0.5) is 11.5 Å². The van der Waals surface area contributed by atoms with Crippen LogP contribution >= 0.6 is 27.3 Å². The first-order chi connectivity index (χ1) is 6.34. The number of benzene rings is 1. The van der Waals surface area contributed by atoms with Crippen LogP contribution in [-0.4, -0.2) is 4.98 Å². The molecule has 0 atom stereocenters. The minimum absolute atomic E-state index is 0.840. The van der Waals surface area contributed by atoms with Gasteiger partial charge in [-0.1, -0.05) is 15.9 Å². The predicted molar refractivity (Wildman–Crippen MR) is 58.4 cm³/mol. The van der Waals surface area contributed by atoms with E-state index in [4.69, 9.17) is 0 Å². The second-order valence-electron chi connectivity index (χ2n) is 2.46. The highest BCUT2D eigenvalue weighted by Crippen LogP contribution is 2.18. The maximum atomic E-state index is 4.00. The second-order valence-corrected chi connectivity index (χ2v) is 4.03. The summed E-state index contributed by atoms with van der Waals surface area (Å²) in [6.45, 7) is 0. The molecule has 65 valence electrons. The summed E-state index contributed by atoms with van der Waals surface area (Å²) >= 11 is 4.83. The SMILES string of the molecule is Brc1ccc(Nc2cs[c]n2)cc1. The van der Waals surface area contributed by atoms with E-state index in [9.17, 15) is 0 Å². The number of nitrogens with zero attached hydrogens (tertiary/aromatic N) is 1. The Labute approximate surface area is 88.8 Å². The lowest BCUT2D eigenvalue weighted by Gasteiger charge is -2.01. The molecule has 0 aliphatic carbocycles. The highest BCUT2D eigenvalue weighted by atomic mass is 79.9. The van der Waals surface area contributed by atoms with Crippen molar-refractivity contribution in [2.45, 2.75) is 0 Å². The highest BCUT2D eigenvalue weighted by molar-refractivity contribution is 9.10. The van der Waals surface area contributed by atoms with E-state index in [1.54, 1.807) is 0 Å². The summed E-state index contributed by atoms with van der Waals surface area (Å²) in [5, 5.41) is 5.08. The molecule has 13 heavy (non-hydrogen) atoms. The van der Waals surface area contributed by atoms with Gasteiger partial charge in [0.1, 0.15) is 5.82 Å². The van der Waals surface area contributed by atoms with Crippen molar-refractivity contribution in [3.8, 4) is 0 Å². The van der Waals surface area contributed by atoms with Gasteiger partial charge < -0.3 is 5.32 Å². The Balaban J connectivity index is 2.15. The Kier molecular flexibility index (Phi) is 2.61. The van der Waals surface area contributed by atoms with E-state index >= 15 is 0 Å². The van der Waals surface area contributed by atoms with E-state index in [1.165, 1.54) is 11.3 Å². The van der Waals surface area contributed by atoms with Gasteiger partial charge in [0.25, 0.3) is 0 Å². The Bertz CT molecular complexity index is 369. The van der Waals surface area contributed by atoms with E-state index in [1.807, 2.05) is 29.6 Å². The third kappa shape index (κ3) is 2.29. The molecular weight excluding hydrogens is 248 g/mol. The van der Waals surface area contributed by atoms with Crippen LogP contribution in [0.1, 0.15) is 0 Å². The zero-order valence-corrected chi connectivity index (χ0v) is 9.02. The standard InChI is InChI=1S/C9H6BrN2S/c10-7-1-3-8(4-2-7)12-9-5-13-6-11-9/h1-5,12H. The minimum atomic E-state index is 0.840. The Morgan fingerprint density at radius 1 is 1.31 bits per heavy atom. The number of rotatable bonds is 2. The normalized spacial score (nSPS) is 9.92. The number of anilines is 2. The molecule has 0 aliphatic rings. The first kappa shape index (κ1) is 8.72. The van der Waals surface area contributed by atoms with E-state index in [0.29, 0.717) is 0 Å². The van der Waals surface area contributed by atoms with E-state index in [2.05, 4.69) is 31.7 Å². The molecule has 1 aromatic heterocycles.